The van der Waals surface area contributed by atoms with E-state index >= 15 is 0 Å². The molecule has 0 unspecified atom stereocenters. The lowest BCUT2D eigenvalue weighted by Crippen LogP contribution is -2.61. The Kier molecular flexibility index (Phi) is 5.55. The minimum absolute atomic E-state index is 0.213. The van der Waals surface area contributed by atoms with Crippen molar-refractivity contribution >= 4 is 0 Å². The summed E-state index contributed by atoms with van der Waals surface area (Å²) in [7, 11) is 0. The number of hydrogen-bond acceptors (Lipinski definition) is 12. The summed E-state index contributed by atoms with van der Waals surface area (Å²) in [6, 6.07) is 0. The average molecular weight is 370 g/mol. The van der Waals surface area contributed by atoms with Gasteiger partial charge in [0.25, 0.3) is 0 Å². The van der Waals surface area contributed by atoms with Gasteiger partial charge >= 0.3 is 17.0 Å². The molecule has 0 saturated heterocycles. The Morgan fingerprint density at radius 2 is 0.720 bits per heavy atom. The van der Waals surface area contributed by atoms with Crippen LogP contribution in [0.25, 0.3) is 0 Å². The van der Waals surface area contributed by atoms with E-state index in [1.54, 1.807) is 0 Å². The minimum Gasteiger partial charge on any atom is -0.258 e. The first-order valence-electron chi connectivity index (χ1n) is 5.95. The lowest BCUT2D eigenvalue weighted by molar-refractivity contribution is -0.866. The predicted molar refractivity (Wildman–Crippen MR) is 70.7 cm³/mol. The third kappa shape index (κ3) is 3.50. The Hall–Kier alpha value is -3.60. The fraction of sp³-hybridized carbons (Fsp3) is 1.00. The average Bonchev–Trinajstić information content (AvgIpc) is 2.44. The van der Waals surface area contributed by atoms with E-state index in [9.17, 15) is 60.7 Å². The molecule has 0 fully saturated rings. The van der Waals surface area contributed by atoms with Crippen LogP contribution in [0.15, 0.2) is 0 Å². The molecule has 0 N–H and O–H groups in total. The van der Waals surface area contributed by atoms with E-state index in [2.05, 4.69) is 0 Å². The Morgan fingerprint density at radius 3 is 0.840 bits per heavy atom. The maximum atomic E-state index is 11.2. The number of hydrogen-bond donors (Lipinski definition) is 0. The van der Waals surface area contributed by atoms with E-state index in [1.807, 2.05) is 0 Å². The largest absolute Gasteiger partial charge is 0.487 e. The number of rotatable bonds is 10. The van der Waals surface area contributed by atoms with Gasteiger partial charge < -0.3 is 0 Å². The lowest BCUT2D eigenvalue weighted by Gasteiger charge is -2.22. The second-order valence-corrected chi connectivity index (χ2v) is 5.31. The molecule has 0 aromatic carbocycles. The van der Waals surface area contributed by atoms with Gasteiger partial charge in [-0.05, 0) is 0 Å². The van der Waals surface area contributed by atoms with E-state index < -0.39 is 59.4 Å². The van der Waals surface area contributed by atoms with Gasteiger partial charge in [0.15, 0.2) is 0 Å². The molecule has 0 saturated carbocycles. The fourth-order valence-electron chi connectivity index (χ4n) is 1.85. The van der Waals surface area contributed by atoms with Crippen LogP contribution in [0.4, 0.5) is 0 Å². The summed E-state index contributed by atoms with van der Waals surface area (Å²) < 4.78 is 0. The van der Waals surface area contributed by atoms with Crippen LogP contribution in [0.1, 0.15) is 26.7 Å². The fourth-order valence-corrected chi connectivity index (χ4v) is 1.85. The maximum absolute atomic E-state index is 11.2. The van der Waals surface area contributed by atoms with Crippen molar-refractivity contribution in [3.63, 3.8) is 0 Å². The van der Waals surface area contributed by atoms with E-state index in [1.165, 1.54) is 0 Å². The first-order chi connectivity index (χ1) is 11.1. The molecular weight excluding hydrogens is 360 g/mol. The molecule has 0 aromatic rings. The molecule has 0 aliphatic rings. The summed E-state index contributed by atoms with van der Waals surface area (Å²) in [5, 5.41) is 65.8. The van der Waals surface area contributed by atoms with E-state index in [4.69, 9.17) is 0 Å². The van der Waals surface area contributed by atoms with Crippen molar-refractivity contribution < 1.29 is 29.5 Å². The van der Waals surface area contributed by atoms with E-state index in [0.29, 0.717) is 0 Å². The Morgan fingerprint density at radius 1 is 0.520 bits per heavy atom. The highest BCUT2D eigenvalue weighted by Crippen LogP contribution is 2.35. The van der Waals surface area contributed by atoms with Crippen molar-refractivity contribution in [3.8, 4) is 0 Å². The van der Waals surface area contributed by atoms with Gasteiger partial charge in [-0.2, -0.15) is 0 Å². The van der Waals surface area contributed by atoms with Crippen LogP contribution in [0.2, 0.25) is 0 Å². The zero-order valence-electron chi connectivity index (χ0n) is 12.5. The van der Waals surface area contributed by atoms with E-state index in [-0.39, 0.29) is 13.8 Å². The molecule has 0 bridgehead atoms. The Balaban J connectivity index is 6.54. The molecule has 18 nitrogen and oxygen atoms in total. The van der Waals surface area contributed by atoms with Crippen LogP contribution in [-0.2, 0) is 0 Å². The summed E-state index contributed by atoms with van der Waals surface area (Å²) in [6.07, 6.45) is -4.12. The monoisotopic (exact) mass is 370 g/mol. The minimum atomic E-state index is -3.93. The van der Waals surface area contributed by atoms with Crippen molar-refractivity contribution in [2.24, 2.45) is 0 Å². The third-order valence-electron chi connectivity index (χ3n) is 3.49. The summed E-state index contributed by atoms with van der Waals surface area (Å²) in [4.78, 5) is 55.5. The second-order valence-electron chi connectivity index (χ2n) is 5.31. The van der Waals surface area contributed by atoms with E-state index in [0.717, 1.165) is 0 Å². The van der Waals surface area contributed by atoms with Crippen molar-refractivity contribution in [1.82, 2.24) is 0 Å². The first-order valence-corrected chi connectivity index (χ1v) is 5.95. The van der Waals surface area contributed by atoms with Crippen LogP contribution in [0.5, 0.6) is 0 Å². The van der Waals surface area contributed by atoms with Crippen LogP contribution in [0, 0.1) is 60.7 Å². The van der Waals surface area contributed by atoms with Crippen molar-refractivity contribution in [1.29, 1.82) is 0 Å². The lowest BCUT2D eigenvalue weighted by atomic mass is 9.89. The van der Waals surface area contributed by atoms with Gasteiger partial charge in [-0.1, -0.05) is 0 Å². The van der Waals surface area contributed by atoms with Gasteiger partial charge in [0, 0.05) is 0 Å². The summed E-state index contributed by atoms with van der Waals surface area (Å²) in [6.45, 7) is 0.425. The molecule has 140 valence electrons. The van der Waals surface area contributed by atoms with Crippen molar-refractivity contribution in [2.75, 3.05) is 0 Å². The van der Waals surface area contributed by atoms with Crippen molar-refractivity contribution in [3.05, 3.63) is 60.7 Å². The van der Waals surface area contributed by atoms with Gasteiger partial charge in [-0.25, -0.2) is 0 Å². The highest BCUT2D eigenvalue weighted by Gasteiger charge is 2.76. The molecule has 0 amide bonds. The highest BCUT2D eigenvalue weighted by atomic mass is 16.7. The molecule has 0 spiro atoms. The molecule has 0 radical (unpaired) electrons. The van der Waals surface area contributed by atoms with Gasteiger partial charge in [-0.15, -0.1) is 0 Å². The quantitative estimate of drug-likeness (QED) is 0.269. The molecular formula is C7H10N6O12. The van der Waals surface area contributed by atoms with Crippen LogP contribution in [-0.4, -0.2) is 46.5 Å². The second kappa shape index (κ2) is 6.49. The van der Waals surface area contributed by atoms with Crippen LogP contribution in [0.3, 0.4) is 0 Å². The first kappa shape index (κ1) is 21.4. The molecule has 0 atom stereocenters. The molecule has 0 rings (SSSR count). The third-order valence-corrected chi connectivity index (χ3v) is 3.49. The standard InChI is InChI=1S/C7H10N6O12/c1-5(8(14)15,9(16)17)3-7(12(22)23,13(24)25)4-6(2,10(18)19)11(20)21/h3-4H2,1-2H3. The van der Waals surface area contributed by atoms with Crippen LogP contribution < -0.4 is 0 Å². The summed E-state index contributed by atoms with van der Waals surface area (Å²) >= 11 is 0. The molecule has 25 heavy (non-hydrogen) atoms. The topological polar surface area (TPSA) is 259 Å². The molecule has 18 heteroatoms. The highest BCUT2D eigenvalue weighted by molar-refractivity contribution is 4.81. The van der Waals surface area contributed by atoms with Crippen LogP contribution >= 0.6 is 0 Å². The molecule has 0 aliphatic heterocycles. The smallest absolute Gasteiger partial charge is 0.258 e. The SMILES string of the molecule is CC(CC(CC(C)([N+](=O)[O-])[N+](=O)[O-])([N+](=O)[O-])[N+](=O)[O-])([N+](=O)[O-])[N+](=O)[O-]. The number of nitro groups is 6. The predicted octanol–water partition coefficient (Wildman–Crippen LogP) is -0.444. The molecule has 0 aliphatic carbocycles. The molecule has 0 heterocycles. The zero-order chi connectivity index (χ0) is 20.4. The normalized spacial score (nSPS) is 12.2. The summed E-state index contributed by atoms with van der Waals surface area (Å²) in [5.41, 5.74) is -10.9. The Labute approximate surface area is 135 Å². The van der Waals surface area contributed by atoms with Gasteiger partial charge in [0.2, 0.25) is 12.8 Å². The zero-order valence-corrected chi connectivity index (χ0v) is 12.5. The van der Waals surface area contributed by atoms with Gasteiger partial charge in [0.05, 0.1) is 43.4 Å². The summed E-state index contributed by atoms with van der Waals surface area (Å²) in [5.74, 6) is 0. The molecule has 0 aromatic heterocycles. The maximum Gasteiger partial charge on any atom is 0.487 e. The Bertz CT molecular complexity index is 574. The van der Waals surface area contributed by atoms with Gasteiger partial charge in [-0.3, -0.25) is 60.7 Å². The van der Waals surface area contributed by atoms with Crippen molar-refractivity contribution in [2.45, 2.75) is 43.7 Å². The number of nitrogens with zero attached hydrogens (tertiary/aromatic N) is 6. The van der Waals surface area contributed by atoms with Gasteiger partial charge in [0.1, 0.15) is 0 Å².